The van der Waals surface area contributed by atoms with E-state index >= 15 is 0 Å². The number of piperidine rings is 1. The number of hydrogen-bond acceptors (Lipinski definition) is 2. The van der Waals surface area contributed by atoms with Gasteiger partial charge in [-0.15, -0.1) is 0 Å². The molecule has 0 spiro atoms. The molecule has 5 heteroatoms. The lowest BCUT2D eigenvalue weighted by Gasteiger charge is -2.35. The Bertz CT molecular complexity index is 492. The van der Waals surface area contributed by atoms with E-state index in [9.17, 15) is 4.79 Å². The number of benzene rings is 1. The van der Waals surface area contributed by atoms with Gasteiger partial charge in [0.05, 0.1) is 17.5 Å². The van der Waals surface area contributed by atoms with Crippen LogP contribution in [-0.2, 0) is 11.2 Å². The van der Waals surface area contributed by atoms with Crippen LogP contribution in [0.15, 0.2) is 24.3 Å². The second-order valence-corrected chi connectivity index (χ2v) is 5.72. The summed E-state index contributed by atoms with van der Waals surface area (Å²) in [5.41, 5.74) is 6.65. The predicted molar refractivity (Wildman–Crippen MR) is 81.3 cm³/mol. The Labute approximate surface area is 123 Å². The molecule has 102 valence electrons. The highest BCUT2D eigenvalue weighted by Gasteiger charge is 2.28. The number of halogens is 1. The van der Waals surface area contributed by atoms with Crippen molar-refractivity contribution in [3.63, 3.8) is 0 Å². The maximum Gasteiger partial charge on any atom is 0.227 e. The van der Waals surface area contributed by atoms with Crippen molar-refractivity contribution in [2.75, 3.05) is 6.54 Å². The average Bonchev–Trinajstić information content (AvgIpc) is 2.38. The van der Waals surface area contributed by atoms with E-state index in [0.717, 1.165) is 31.4 Å². The van der Waals surface area contributed by atoms with Crippen LogP contribution in [0.25, 0.3) is 0 Å². The molecule has 1 aromatic carbocycles. The van der Waals surface area contributed by atoms with Crippen LogP contribution < -0.4 is 5.73 Å². The molecule has 0 bridgehead atoms. The van der Waals surface area contributed by atoms with Crippen molar-refractivity contribution in [1.29, 1.82) is 0 Å². The number of nitrogens with zero attached hydrogens (tertiary/aromatic N) is 1. The van der Waals surface area contributed by atoms with Crippen LogP contribution >= 0.6 is 23.8 Å². The molecule has 1 aliphatic heterocycles. The zero-order valence-electron chi connectivity index (χ0n) is 10.6. The Kier molecular flexibility index (Phi) is 4.77. The summed E-state index contributed by atoms with van der Waals surface area (Å²) >= 11 is 11.0. The van der Waals surface area contributed by atoms with Gasteiger partial charge in [-0.3, -0.25) is 4.79 Å². The van der Waals surface area contributed by atoms with Gasteiger partial charge in [0.25, 0.3) is 0 Å². The second-order valence-electron chi connectivity index (χ2n) is 4.81. The molecule has 1 saturated heterocycles. The lowest BCUT2D eigenvalue weighted by atomic mass is 10.0. The number of rotatable bonds is 3. The highest BCUT2D eigenvalue weighted by Crippen LogP contribution is 2.19. The summed E-state index contributed by atoms with van der Waals surface area (Å²) in [6, 6.07) is 7.29. The summed E-state index contributed by atoms with van der Waals surface area (Å²) in [7, 11) is 0. The molecule has 1 heterocycles. The molecule has 1 unspecified atom stereocenters. The lowest BCUT2D eigenvalue weighted by Crippen LogP contribution is -2.50. The minimum absolute atomic E-state index is 0.0692. The Balaban J connectivity index is 2.07. The summed E-state index contributed by atoms with van der Waals surface area (Å²) in [6.45, 7) is 0.738. The number of thiocarbonyl (C=S) groups is 1. The van der Waals surface area contributed by atoms with E-state index in [1.54, 1.807) is 6.07 Å². The zero-order valence-corrected chi connectivity index (χ0v) is 12.2. The first-order chi connectivity index (χ1) is 9.08. The maximum atomic E-state index is 12.4. The standard InChI is InChI=1S/C14H17ClN2OS/c15-11-5-3-4-10(8-11)9-13(18)17-7-2-1-6-12(17)14(16)19/h3-5,8,12H,1-2,6-7,9H2,(H2,16,19). The van der Waals surface area contributed by atoms with E-state index in [4.69, 9.17) is 29.6 Å². The number of carbonyl (C=O) groups is 1. The molecule has 19 heavy (non-hydrogen) atoms. The molecule has 0 saturated carbocycles. The summed E-state index contributed by atoms with van der Waals surface area (Å²) in [4.78, 5) is 14.6. The van der Waals surface area contributed by atoms with Gasteiger partial charge in [-0.25, -0.2) is 0 Å². The Morgan fingerprint density at radius 3 is 2.95 bits per heavy atom. The molecule has 1 amide bonds. The largest absolute Gasteiger partial charge is 0.392 e. The third-order valence-electron chi connectivity index (χ3n) is 3.40. The van der Waals surface area contributed by atoms with E-state index in [1.165, 1.54) is 0 Å². The van der Waals surface area contributed by atoms with Crippen LogP contribution in [0.2, 0.25) is 5.02 Å². The van der Waals surface area contributed by atoms with Crippen molar-refractivity contribution < 1.29 is 4.79 Å². The molecule has 2 N–H and O–H groups in total. The minimum Gasteiger partial charge on any atom is -0.392 e. The molecule has 3 nitrogen and oxygen atoms in total. The van der Waals surface area contributed by atoms with Crippen LogP contribution in [0.3, 0.4) is 0 Å². The number of amides is 1. The maximum absolute atomic E-state index is 12.4. The first-order valence-corrected chi connectivity index (χ1v) is 7.20. The molecule has 0 aromatic heterocycles. The summed E-state index contributed by atoms with van der Waals surface area (Å²) in [5, 5.41) is 0.648. The van der Waals surface area contributed by atoms with Gasteiger partial charge in [-0.2, -0.15) is 0 Å². The zero-order chi connectivity index (χ0) is 13.8. The van der Waals surface area contributed by atoms with Gasteiger partial charge in [-0.05, 0) is 37.0 Å². The topological polar surface area (TPSA) is 46.3 Å². The van der Waals surface area contributed by atoms with E-state index in [-0.39, 0.29) is 11.9 Å². The minimum atomic E-state index is -0.0876. The van der Waals surface area contributed by atoms with Crippen molar-refractivity contribution >= 4 is 34.7 Å². The molecule has 0 aliphatic carbocycles. The van der Waals surface area contributed by atoms with Gasteiger partial charge >= 0.3 is 0 Å². The van der Waals surface area contributed by atoms with Crippen molar-refractivity contribution in [3.05, 3.63) is 34.9 Å². The molecule has 1 aromatic rings. The first kappa shape index (κ1) is 14.3. The summed E-state index contributed by atoms with van der Waals surface area (Å²) in [6.07, 6.45) is 3.31. The Morgan fingerprint density at radius 1 is 1.47 bits per heavy atom. The number of carbonyl (C=O) groups excluding carboxylic acids is 1. The number of hydrogen-bond donors (Lipinski definition) is 1. The van der Waals surface area contributed by atoms with E-state index in [2.05, 4.69) is 0 Å². The highest BCUT2D eigenvalue weighted by atomic mass is 35.5. The number of likely N-dealkylation sites (tertiary alicyclic amines) is 1. The molecule has 1 fully saturated rings. The van der Waals surface area contributed by atoms with E-state index in [1.807, 2.05) is 23.1 Å². The lowest BCUT2D eigenvalue weighted by molar-refractivity contribution is -0.132. The summed E-state index contributed by atoms with van der Waals surface area (Å²) in [5.74, 6) is 0.0692. The molecule has 1 aliphatic rings. The summed E-state index contributed by atoms with van der Waals surface area (Å²) < 4.78 is 0. The molecular weight excluding hydrogens is 280 g/mol. The van der Waals surface area contributed by atoms with Gasteiger partial charge in [0, 0.05) is 11.6 Å². The molecule has 0 radical (unpaired) electrons. The van der Waals surface area contributed by atoms with Crippen molar-refractivity contribution in [1.82, 2.24) is 4.90 Å². The van der Waals surface area contributed by atoms with Crippen LogP contribution in [0.4, 0.5) is 0 Å². The normalized spacial score (nSPS) is 19.2. The fraction of sp³-hybridized carbons (Fsp3) is 0.429. The van der Waals surface area contributed by atoms with Crippen molar-refractivity contribution in [2.45, 2.75) is 31.7 Å². The van der Waals surface area contributed by atoms with Crippen molar-refractivity contribution in [2.24, 2.45) is 5.73 Å². The Hall–Kier alpha value is -1.13. The predicted octanol–water partition coefficient (Wildman–Crippen LogP) is 2.55. The fourth-order valence-corrected chi connectivity index (χ4v) is 2.91. The van der Waals surface area contributed by atoms with Crippen LogP contribution in [-0.4, -0.2) is 28.4 Å². The van der Waals surface area contributed by atoms with Crippen molar-refractivity contribution in [3.8, 4) is 0 Å². The quantitative estimate of drug-likeness (QED) is 0.872. The molecular formula is C14H17ClN2OS. The third kappa shape index (κ3) is 3.67. The smallest absolute Gasteiger partial charge is 0.227 e. The van der Waals surface area contributed by atoms with Crippen LogP contribution in [0, 0.1) is 0 Å². The fourth-order valence-electron chi connectivity index (χ4n) is 2.45. The molecule has 2 rings (SSSR count). The van der Waals surface area contributed by atoms with Gasteiger partial charge < -0.3 is 10.6 Å². The van der Waals surface area contributed by atoms with Crippen LogP contribution in [0.1, 0.15) is 24.8 Å². The monoisotopic (exact) mass is 296 g/mol. The third-order valence-corrected chi connectivity index (χ3v) is 3.90. The molecule has 1 atom stereocenters. The first-order valence-electron chi connectivity index (χ1n) is 6.41. The average molecular weight is 297 g/mol. The van der Waals surface area contributed by atoms with Gasteiger partial charge in [0.1, 0.15) is 0 Å². The second kappa shape index (κ2) is 6.35. The Morgan fingerprint density at radius 2 is 2.26 bits per heavy atom. The number of nitrogens with two attached hydrogens (primary N) is 1. The van der Waals surface area contributed by atoms with E-state index in [0.29, 0.717) is 16.4 Å². The van der Waals surface area contributed by atoms with Gasteiger partial charge in [0.2, 0.25) is 5.91 Å². The van der Waals surface area contributed by atoms with Gasteiger partial charge in [0.15, 0.2) is 0 Å². The SMILES string of the molecule is NC(=S)C1CCCCN1C(=O)Cc1cccc(Cl)c1. The van der Waals surface area contributed by atoms with Crippen LogP contribution in [0.5, 0.6) is 0 Å². The van der Waals surface area contributed by atoms with Gasteiger partial charge in [-0.1, -0.05) is 36.0 Å². The highest BCUT2D eigenvalue weighted by molar-refractivity contribution is 7.80. The van der Waals surface area contributed by atoms with E-state index < -0.39 is 0 Å².